The van der Waals surface area contributed by atoms with Crippen molar-refractivity contribution >= 4 is 5.82 Å². The normalized spacial score (nSPS) is 16.1. The first-order valence-electron chi connectivity index (χ1n) is 6.07. The number of rotatable bonds is 1. The first kappa shape index (κ1) is 11.1. The van der Waals surface area contributed by atoms with Crippen LogP contribution >= 0.6 is 0 Å². The van der Waals surface area contributed by atoms with Crippen LogP contribution in [0.3, 0.4) is 0 Å². The maximum absolute atomic E-state index is 5.87. The number of nitrogens with two attached hydrogens (primary N) is 1. The fraction of sp³-hybridized carbons (Fsp3) is 0.267. The number of anilines is 1. The van der Waals surface area contributed by atoms with Crippen LogP contribution < -0.4 is 10.5 Å². The van der Waals surface area contributed by atoms with E-state index < -0.39 is 0 Å². The highest BCUT2D eigenvalue weighted by atomic mass is 16.5. The number of benzene rings is 1. The SMILES string of the molecule is CC1(C)Cc2cc(-c3ccc(N)nc3)ccc2O1. The van der Waals surface area contributed by atoms with Crippen molar-refractivity contribution in [1.29, 1.82) is 0 Å². The highest BCUT2D eigenvalue weighted by molar-refractivity contribution is 5.66. The van der Waals surface area contributed by atoms with Crippen molar-refractivity contribution in [1.82, 2.24) is 4.98 Å². The average molecular weight is 240 g/mol. The zero-order valence-electron chi connectivity index (χ0n) is 10.6. The molecule has 0 aliphatic carbocycles. The molecule has 1 aromatic carbocycles. The first-order chi connectivity index (χ1) is 8.53. The van der Waals surface area contributed by atoms with E-state index in [9.17, 15) is 0 Å². The van der Waals surface area contributed by atoms with Crippen LogP contribution in [0.2, 0.25) is 0 Å². The van der Waals surface area contributed by atoms with E-state index in [2.05, 4.69) is 31.0 Å². The number of aromatic nitrogens is 1. The van der Waals surface area contributed by atoms with Crippen molar-refractivity contribution in [2.45, 2.75) is 25.9 Å². The summed E-state index contributed by atoms with van der Waals surface area (Å²) < 4.78 is 5.87. The number of hydrogen-bond acceptors (Lipinski definition) is 3. The minimum atomic E-state index is -0.0969. The molecule has 2 aromatic rings. The Balaban J connectivity index is 1.99. The lowest BCUT2D eigenvalue weighted by atomic mass is 9.98. The monoisotopic (exact) mass is 240 g/mol. The van der Waals surface area contributed by atoms with Gasteiger partial charge in [-0.25, -0.2) is 4.98 Å². The molecule has 0 bridgehead atoms. The van der Waals surface area contributed by atoms with Gasteiger partial charge in [-0.2, -0.15) is 0 Å². The Morgan fingerprint density at radius 2 is 1.94 bits per heavy atom. The summed E-state index contributed by atoms with van der Waals surface area (Å²) >= 11 is 0. The Morgan fingerprint density at radius 3 is 2.67 bits per heavy atom. The highest BCUT2D eigenvalue weighted by Crippen LogP contribution is 2.37. The van der Waals surface area contributed by atoms with E-state index in [0.29, 0.717) is 5.82 Å². The van der Waals surface area contributed by atoms with E-state index in [4.69, 9.17) is 10.5 Å². The molecule has 0 saturated heterocycles. The Morgan fingerprint density at radius 1 is 1.17 bits per heavy atom. The Labute approximate surface area is 107 Å². The zero-order valence-corrected chi connectivity index (χ0v) is 10.6. The molecule has 92 valence electrons. The van der Waals surface area contributed by atoms with Crippen molar-refractivity contribution in [3.63, 3.8) is 0 Å². The van der Waals surface area contributed by atoms with Gasteiger partial charge in [-0.1, -0.05) is 6.07 Å². The van der Waals surface area contributed by atoms with E-state index in [-0.39, 0.29) is 5.60 Å². The minimum absolute atomic E-state index is 0.0969. The largest absolute Gasteiger partial charge is 0.487 e. The highest BCUT2D eigenvalue weighted by Gasteiger charge is 2.29. The van der Waals surface area contributed by atoms with Crippen molar-refractivity contribution < 1.29 is 4.74 Å². The predicted molar refractivity (Wildman–Crippen MR) is 72.5 cm³/mol. The molecular formula is C15H16N2O. The molecular weight excluding hydrogens is 224 g/mol. The number of nitrogen functional groups attached to an aromatic ring is 1. The summed E-state index contributed by atoms with van der Waals surface area (Å²) in [6.45, 7) is 4.22. The summed E-state index contributed by atoms with van der Waals surface area (Å²) in [6, 6.07) is 10.1. The van der Waals surface area contributed by atoms with Gasteiger partial charge >= 0.3 is 0 Å². The van der Waals surface area contributed by atoms with Crippen LogP contribution in [0.4, 0.5) is 5.82 Å². The van der Waals surface area contributed by atoms with Gasteiger partial charge in [0.25, 0.3) is 0 Å². The van der Waals surface area contributed by atoms with Crippen LogP contribution in [0.25, 0.3) is 11.1 Å². The van der Waals surface area contributed by atoms with Crippen LogP contribution in [0.1, 0.15) is 19.4 Å². The van der Waals surface area contributed by atoms with Gasteiger partial charge in [0.2, 0.25) is 0 Å². The molecule has 3 nitrogen and oxygen atoms in total. The topological polar surface area (TPSA) is 48.1 Å². The van der Waals surface area contributed by atoms with E-state index >= 15 is 0 Å². The lowest BCUT2D eigenvalue weighted by molar-refractivity contribution is 0.138. The Kier molecular flexibility index (Phi) is 2.30. The molecule has 2 heterocycles. The minimum Gasteiger partial charge on any atom is -0.487 e. The Bertz CT molecular complexity index is 588. The molecule has 0 radical (unpaired) electrons. The van der Waals surface area contributed by atoms with Gasteiger partial charge in [0.05, 0.1) is 0 Å². The number of pyridine rings is 1. The standard InChI is InChI=1S/C15H16N2O/c1-15(2)8-12-7-10(3-5-13(12)18-15)11-4-6-14(16)17-9-11/h3-7,9H,8H2,1-2H3,(H2,16,17). The first-order valence-corrected chi connectivity index (χ1v) is 6.07. The molecule has 0 amide bonds. The molecule has 3 heteroatoms. The van der Waals surface area contributed by atoms with Crippen molar-refractivity contribution in [2.75, 3.05) is 5.73 Å². The molecule has 0 atom stereocenters. The van der Waals surface area contributed by atoms with Crippen molar-refractivity contribution in [2.24, 2.45) is 0 Å². The quantitative estimate of drug-likeness (QED) is 0.833. The molecule has 0 saturated carbocycles. The molecule has 0 spiro atoms. The third-order valence-electron chi connectivity index (χ3n) is 3.18. The molecule has 3 rings (SSSR count). The maximum atomic E-state index is 5.87. The zero-order chi connectivity index (χ0) is 12.8. The molecule has 1 aliphatic rings. The summed E-state index contributed by atoms with van der Waals surface area (Å²) in [5.74, 6) is 1.54. The molecule has 2 N–H and O–H groups in total. The number of nitrogens with zero attached hydrogens (tertiary/aromatic N) is 1. The van der Waals surface area contributed by atoms with Crippen molar-refractivity contribution in [3.8, 4) is 16.9 Å². The third-order valence-corrected chi connectivity index (χ3v) is 3.18. The summed E-state index contributed by atoms with van der Waals surface area (Å²) in [5.41, 5.74) is 9.00. The van der Waals surface area contributed by atoms with Gasteiger partial charge in [0, 0.05) is 18.2 Å². The summed E-state index contributed by atoms with van der Waals surface area (Å²) in [6.07, 6.45) is 2.75. The smallest absolute Gasteiger partial charge is 0.123 e. The van der Waals surface area contributed by atoms with Gasteiger partial charge in [-0.15, -0.1) is 0 Å². The van der Waals surface area contributed by atoms with Gasteiger partial charge in [-0.05, 0) is 49.2 Å². The predicted octanol–water partition coefficient (Wildman–Crippen LogP) is 3.04. The Hall–Kier alpha value is -2.03. The molecule has 0 fully saturated rings. The van der Waals surface area contributed by atoms with Crippen molar-refractivity contribution in [3.05, 3.63) is 42.1 Å². The van der Waals surface area contributed by atoms with E-state index in [1.165, 1.54) is 5.56 Å². The fourth-order valence-electron chi connectivity index (χ4n) is 2.37. The summed E-state index contributed by atoms with van der Waals surface area (Å²) in [5, 5.41) is 0. The molecule has 0 unspecified atom stereocenters. The molecule has 18 heavy (non-hydrogen) atoms. The number of ether oxygens (including phenoxy) is 1. The van der Waals surface area contributed by atoms with Gasteiger partial charge in [0.15, 0.2) is 0 Å². The van der Waals surface area contributed by atoms with Gasteiger partial charge in [-0.3, -0.25) is 0 Å². The van der Waals surface area contributed by atoms with Crippen LogP contribution in [-0.4, -0.2) is 10.6 Å². The second-order valence-electron chi connectivity index (χ2n) is 5.33. The van der Waals surface area contributed by atoms with Gasteiger partial charge in [0.1, 0.15) is 17.2 Å². The third kappa shape index (κ3) is 1.92. The number of hydrogen-bond donors (Lipinski definition) is 1. The van der Waals surface area contributed by atoms with Crippen LogP contribution in [0, 0.1) is 0 Å². The second kappa shape index (κ2) is 3.73. The van der Waals surface area contributed by atoms with E-state index in [0.717, 1.165) is 23.3 Å². The second-order valence-corrected chi connectivity index (χ2v) is 5.33. The average Bonchev–Trinajstić information content (AvgIpc) is 2.62. The van der Waals surface area contributed by atoms with E-state index in [1.54, 1.807) is 6.20 Å². The fourth-order valence-corrected chi connectivity index (χ4v) is 2.37. The van der Waals surface area contributed by atoms with Crippen LogP contribution in [0.15, 0.2) is 36.5 Å². The summed E-state index contributed by atoms with van der Waals surface area (Å²) in [7, 11) is 0. The lowest BCUT2D eigenvalue weighted by Gasteiger charge is -2.16. The molecule has 1 aromatic heterocycles. The van der Waals surface area contributed by atoms with E-state index in [1.807, 2.05) is 18.2 Å². The maximum Gasteiger partial charge on any atom is 0.123 e. The van der Waals surface area contributed by atoms with Gasteiger partial charge < -0.3 is 10.5 Å². The van der Waals surface area contributed by atoms with Crippen LogP contribution in [-0.2, 0) is 6.42 Å². The van der Waals surface area contributed by atoms with Crippen LogP contribution in [0.5, 0.6) is 5.75 Å². The lowest BCUT2D eigenvalue weighted by Crippen LogP contribution is -2.24. The number of fused-ring (bicyclic) bond motifs is 1. The summed E-state index contributed by atoms with van der Waals surface area (Å²) in [4.78, 5) is 4.12. The molecule has 1 aliphatic heterocycles.